The maximum absolute atomic E-state index is 11.8. The van der Waals surface area contributed by atoms with Crippen LogP contribution >= 0.6 is 0 Å². The normalized spacial score (nSPS) is 14.8. The SMILES string of the molecule is CCOc1nc(C)[n+]([O-])c2c1CCCC2. The number of aromatic nitrogens is 2. The average Bonchev–Trinajstić information content (AvgIpc) is 2.26. The zero-order valence-electron chi connectivity index (χ0n) is 9.25. The smallest absolute Gasteiger partial charge is 0.335 e. The van der Waals surface area contributed by atoms with Gasteiger partial charge in [-0.25, -0.2) is 4.73 Å². The van der Waals surface area contributed by atoms with Crippen LogP contribution in [-0.2, 0) is 12.8 Å². The molecule has 0 bridgehead atoms. The number of hydrogen-bond acceptors (Lipinski definition) is 3. The van der Waals surface area contributed by atoms with Crippen molar-refractivity contribution in [3.63, 3.8) is 0 Å². The van der Waals surface area contributed by atoms with Gasteiger partial charge in [-0.3, -0.25) is 0 Å². The zero-order valence-corrected chi connectivity index (χ0v) is 9.25. The van der Waals surface area contributed by atoms with E-state index in [-0.39, 0.29) is 0 Å². The van der Waals surface area contributed by atoms with Gasteiger partial charge in [0.25, 0.3) is 0 Å². The molecule has 0 saturated carbocycles. The van der Waals surface area contributed by atoms with Crippen molar-refractivity contribution in [2.75, 3.05) is 6.61 Å². The lowest BCUT2D eigenvalue weighted by atomic mass is 9.97. The molecule has 0 aromatic carbocycles. The van der Waals surface area contributed by atoms with Crippen LogP contribution in [0.4, 0.5) is 0 Å². The summed E-state index contributed by atoms with van der Waals surface area (Å²) in [4.78, 5) is 4.20. The highest BCUT2D eigenvalue weighted by atomic mass is 16.5. The summed E-state index contributed by atoms with van der Waals surface area (Å²) in [5.74, 6) is 1.15. The molecule has 0 radical (unpaired) electrons. The second-order valence-electron chi connectivity index (χ2n) is 3.82. The Balaban J connectivity index is 2.51. The molecule has 4 heteroatoms. The predicted octanol–water partition coefficient (Wildman–Crippen LogP) is 1.30. The molecule has 0 unspecified atom stereocenters. The number of aryl methyl sites for hydroxylation is 1. The lowest BCUT2D eigenvalue weighted by molar-refractivity contribution is -0.625. The van der Waals surface area contributed by atoms with Crippen LogP contribution in [0.2, 0.25) is 0 Å². The quantitative estimate of drug-likeness (QED) is 0.543. The molecule has 1 aliphatic rings. The largest absolute Gasteiger partial charge is 0.711 e. The van der Waals surface area contributed by atoms with E-state index in [0.717, 1.165) is 41.7 Å². The van der Waals surface area contributed by atoms with E-state index in [1.54, 1.807) is 6.92 Å². The van der Waals surface area contributed by atoms with Crippen LogP contribution in [-0.4, -0.2) is 11.6 Å². The number of fused-ring (bicyclic) bond motifs is 1. The van der Waals surface area contributed by atoms with Crippen LogP contribution in [0, 0.1) is 12.1 Å². The van der Waals surface area contributed by atoms with Crippen molar-refractivity contribution in [1.29, 1.82) is 0 Å². The lowest BCUT2D eigenvalue weighted by Crippen LogP contribution is -2.39. The van der Waals surface area contributed by atoms with E-state index >= 15 is 0 Å². The summed E-state index contributed by atoms with van der Waals surface area (Å²) in [5, 5.41) is 11.8. The molecule has 0 saturated heterocycles. The third-order valence-electron chi connectivity index (χ3n) is 2.78. The van der Waals surface area contributed by atoms with Gasteiger partial charge in [0.2, 0.25) is 0 Å². The monoisotopic (exact) mass is 208 g/mol. The first-order valence-corrected chi connectivity index (χ1v) is 5.48. The number of rotatable bonds is 2. The van der Waals surface area contributed by atoms with Gasteiger partial charge in [0, 0.05) is 13.3 Å². The summed E-state index contributed by atoms with van der Waals surface area (Å²) in [6.45, 7) is 4.26. The molecule has 82 valence electrons. The molecular formula is C11H16N2O2. The first-order chi connectivity index (χ1) is 7.24. The summed E-state index contributed by atoms with van der Waals surface area (Å²) in [7, 11) is 0. The fraction of sp³-hybridized carbons (Fsp3) is 0.636. The first kappa shape index (κ1) is 10.2. The molecule has 15 heavy (non-hydrogen) atoms. The van der Waals surface area contributed by atoms with Crippen molar-refractivity contribution in [3.05, 3.63) is 22.3 Å². The molecule has 1 heterocycles. The van der Waals surface area contributed by atoms with E-state index in [0.29, 0.717) is 18.3 Å². The van der Waals surface area contributed by atoms with Gasteiger partial charge in [-0.1, -0.05) is 0 Å². The van der Waals surface area contributed by atoms with E-state index in [9.17, 15) is 5.21 Å². The summed E-state index contributed by atoms with van der Waals surface area (Å²) in [6.07, 6.45) is 3.98. The van der Waals surface area contributed by atoms with Crippen LogP contribution in [0.3, 0.4) is 0 Å². The fourth-order valence-corrected chi connectivity index (χ4v) is 2.06. The Morgan fingerprint density at radius 1 is 1.40 bits per heavy atom. The summed E-state index contributed by atoms with van der Waals surface area (Å²) in [5.41, 5.74) is 1.88. The molecule has 0 fully saturated rings. The Hall–Kier alpha value is -1.32. The maximum atomic E-state index is 11.8. The molecule has 1 aromatic rings. The minimum atomic E-state index is 0.485. The van der Waals surface area contributed by atoms with Crippen molar-refractivity contribution >= 4 is 0 Å². The van der Waals surface area contributed by atoms with E-state index in [2.05, 4.69) is 4.98 Å². The molecule has 0 spiro atoms. The highest BCUT2D eigenvalue weighted by Gasteiger charge is 2.24. The summed E-state index contributed by atoms with van der Waals surface area (Å²) < 4.78 is 6.43. The zero-order chi connectivity index (χ0) is 10.8. The molecule has 0 aliphatic heterocycles. The lowest BCUT2D eigenvalue weighted by Gasteiger charge is -2.19. The van der Waals surface area contributed by atoms with E-state index in [1.165, 1.54) is 0 Å². The highest BCUT2D eigenvalue weighted by molar-refractivity contribution is 5.30. The maximum Gasteiger partial charge on any atom is 0.335 e. The third-order valence-corrected chi connectivity index (χ3v) is 2.78. The summed E-state index contributed by atoms with van der Waals surface area (Å²) in [6, 6.07) is 0. The Morgan fingerprint density at radius 2 is 2.13 bits per heavy atom. The van der Waals surface area contributed by atoms with Gasteiger partial charge in [0.15, 0.2) is 0 Å². The van der Waals surface area contributed by atoms with E-state index in [4.69, 9.17) is 4.74 Å². The standard InChI is InChI=1S/C11H16N2O2/c1-3-15-11-9-6-4-5-7-10(9)13(14)8(2)12-11/h3-7H2,1-2H3. The Labute approximate surface area is 89.5 Å². The van der Waals surface area contributed by atoms with E-state index in [1.807, 2.05) is 6.92 Å². The Morgan fingerprint density at radius 3 is 2.87 bits per heavy atom. The number of hydrogen-bond donors (Lipinski definition) is 0. The van der Waals surface area contributed by atoms with Crippen molar-refractivity contribution in [1.82, 2.24) is 4.98 Å². The van der Waals surface area contributed by atoms with Crippen LogP contribution in [0.15, 0.2) is 0 Å². The van der Waals surface area contributed by atoms with Gasteiger partial charge in [0.1, 0.15) is 5.69 Å². The van der Waals surface area contributed by atoms with Gasteiger partial charge in [-0.05, 0) is 31.2 Å². The van der Waals surface area contributed by atoms with E-state index < -0.39 is 0 Å². The van der Waals surface area contributed by atoms with Crippen LogP contribution in [0.25, 0.3) is 0 Å². The Kier molecular flexibility index (Phi) is 2.75. The van der Waals surface area contributed by atoms with Crippen LogP contribution in [0.5, 0.6) is 5.88 Å². The molecular weight excluding hydrogens is 192 g/mol. The van der Waals surface area contributed by atoms with Gasteiger partial charge in [-0.15, -0.1) is 0 Å². The van der Waals surface area contributed by atoms with Crippen molar-refractivity contribution < 1.29 is 9.47 Å². The number of nitrogens with zero attached hydrogens (tertiary/aromatic N) is 2. The topological polar surface area (TPSA) is 49.1 Å². The number of ether oxygens (including phenoxy) is 1. The molecule has 4 nitrogen and oxygen atoms in total. The van der Waals surface area contributed by atoms with Gasteiger partial charge in [-0.2, -0.15) is 0 Å². The second kappa shape index (κ2) is 4.04. The molecule has 0 amide bonds. The van der Waals surface area contributed by atoms with Crippen LogP contribution in [0.1, 0.15) is 36.8 Å². The minimum absolute atomic E-state index is 0.485. The minimum Gasteiger partial charge on any atom is -0.711 e. The molecule has 0 N–H and O–H groups in total. The molecule has 1 aliphatic carbocycles. The highest BCUT2D eigenvalue weighted by Crippen LogP contribution is 2.25. The van der Waals surface area contributed by atoms with Gasteiger partial charge < -0.3 is 9.94 Å². The predicted molar refractivity (Wildman–Crippen MR) is 55.7 cm³/mol. The molecule has 0 atom stereocenters. The molecule has 1 aromatic heterocycles. The van der Waals surface area contributed by atoms with Crippen molar-refractivity contribution in [3.8, 4) is 5.88 Å². The van der Waals surface area contributed by atoms with Gasteiger partial charge >= 0.3 is 11.7 Å². The summed E-state index contributed by atoms with van der Waals surface area (Å²) >= 11 is 0. The fourth-order valence-electron chi connectivity index (χ4n) is 2.06. The van der Waals surface area contributed by atoms with Crippen molar-refractivity contribution in [2.24, 2.45) is 0 Å². The van der Waals surface area contributed by atoms with Gasteiger partial charge in [0.05, 0.1) is 12.2 Å². The Bertz CT molecular complexity index is 377. The average molecular weight is 208 g/mol. The first-order valence-electron chi connectivity index (χ1n) is 5.48. The molecule has 2 rings (SSSR count). The van der Waals surface area contributed by atoms with Crippen LogP contribution < -0.4 is 9.47 Å². The van der Waals surface area contributed by atoms with Crippen molar-refractivity contribution in [2.45, 2.75) is 39.5 Å². The third kappa shape index (κ3) is 1.76. The second-order valence-corrected chi connectivity index (χ2v) is 3.82.